The smallest absolute Gasteiger partial charge is 0.224 e. The summed E-state index contributed by atoms with van der Waals surface area (Å²) in [4.78, 5) is 3.67. The van der Waals surface area contributed by atoms with E-state index in [0.717, 1.165) is 12.8 Å². The van der Waals surface area contributed by atoms with Gasteiger partial charge in [-0.2, -0.15) is 0 Å². The second-order valence-corrected chi connectivity index (χ2v) is 6.77. The van der Waals surface area contributed by atoms with Crippen LogP contribution in [0.5, 0.6) is 0 Å². The molecule has 0 atom stereocenters. The Bertz CT molecular complexity index is 234. The zero-order valence-electron chi connectivity index (χ0n) is 10.4. The molecule has 1 fully saturated rings. The molecule has 0 saturated heterocycles. The van der Waals surface area contributed by atoms with Crippen molar-refractivity contribution in [3.63, 3.8) is 0 Å². The van der Waals surface area contributed by atoms with Crippen LogP contribution in [0, 0.1) is 22.8 Å². The standard InChI is InChI=1S/C13H23N/c1-11(2,3)13(12(4,5)6)8-10(9-13)14-7/h10H,8-9H2,1-6H3. The molecule has 0 aromatic carbocycles. The molecule has 1 nitrogen and oxygen atoms in total. The van der Waals surface area contributed by atoms with E-state index in [-0.39, 0.29) is 6.04 Å². The molecule has 0 N–H and O–H groups in total. The lowest BCUT2D eigenvalue weighted by Gasteiger charge is -2.59. The van der Waals surface area contributed by atoms with Crippen LogP contribution in [-0.2, 0) is 0 Å². The summed E-state index contributed by atoms with van der Waals surface area (Å²) in [5.41, 5.74) is 0.980. The highest BCUT2D eigenvalue weighted by atomic mass is 14.8. The van der Waals surface area contributed by atoms with Gasteiger partial charge in [-0.05, 0) is 16.2 Å². The molecule has 1 aliphatic carbocycles. The highest BCUT2D eigenvalue weighted by molar-refractivity contribution is 5.12. The predicted octanol–water partition coefficient (Wildman–Crippen LogP) is 4.15. The molecule has 0 aliphatic heterocycles. The maximum Gasteiger partial charge on any atom is 0.224 e. The molecule has 0 amide bonds. The molecule has 0 radical (unpaired) electrons. The Morgan fingerprint density at radius 3 is 1.57 bits per heavy atom. The van der Waals surface area contributed by atoms with Crippen molar-refractivity contribution in [2.75, 3.05) is 0 Å². The summed E-state index contributed by atoms with van der Waals surface area (Å²) in [5.74, 6) is 0. The second-order valence-electron chi connectivity index (χ2n) is 6.77. The van der Waals surface area contributed by atoms with Gasteiger partial charge in [-0.1, -0.05) is 41.5 Å². The number of hydrogen-bond acceptors (Lipinski definition) is 0. The van der Waals surface area contributed by atoms with Crippen LogP contribution in [0.1, 0.15) is 54.4 Å². The van der Waals surface area contributed by atoms with Crippen LogP contribution in [0.2, 0.25) is 0 Å². The minimum atomic E-state index is 0.286. The van der Waals surface area contributed by atoms with Gasteiger partial charge < -0.3 is 4.85 Å². The molecule has 80 valence electrons. The molecule has 0 spiro atoms. The predicted molar refractivity (Wildman–Crippen MR) is 61.0 cm³/mol. The highest BCUT2D eigenvalue weighted by Gasteiger charge is 2.60. The number of rotatable bonds is 0. The Morgan fingerprint density at radius 1 is 1.00 bits per heavy atom. The SMILES string of the molecule is [C-]#[N+]C1CC(C(C)(C)C)(C(C)(C)C)C1. The Balaban J connectivity index is 2.94. The quantitative estimate of drug-likeness (QED) is 0.509. The van der Waals surface area contributed by atoms with Crippen molar-refractivity contribution in [1.82, 2.24) is 0 Å². The molecule has 0 heterocycles. The van der Waals surface area contributed by atoms with Crippen LogP contribution in [0.25, 0.3) is 4.85 Å². The van der Waals surface area contributed by atoms with Gasteiger partial charge >= 0.3 is 0 Å². The average Bonchev–Trinajstić information content (AvgIpc) is 1.77. The van der Waals surface area contributed by atoms with Crippen LogP contribution >= 0.6 is 0 Å². The lowest BCUT2D eigenvalue weighted by Crippen LogP contribution is -2.56. The number of hydrogen-bond donors (Lipinski definition) is 0. The first-order valence-corrected chi connectivity index (χ1v) is 5.51. The first-order valence-electron chi connectivity index (χ1n) is 5.51. The molecule has 0 aromatic rings. The molecule has 0 aromatic heterocycles. The maximum atomic E-state index is 7.07. The molecule has 0 bridgehead atoms. The van der Waals surface area contributed by atoms with Crippen molar-refractivity contribution in [2.24, 2.45) is 16.2 Å². The summed E-state index contributed by atoms with van der Waals surface area (Å²) in [5, 5.41) is 0. The molecule has 1 rings (SSSR count). The van der Waals surface area contributed by atoms with Crippen LogP contribution in [0.4, 0.5) is 0 Å². The fraction of sp³-hybridized carbons (Fsp3) is 0.923. The van der Waals surface area contributed by atoms with E-state index < -0.39 is 0 Å². The Kier molecular flexibility index (Phi) is 2.47. The van der Waals surface area contributed by atoms with Gasteiger partial charge in [0.05, 0.1) is 0 Å². The Hall–Kier alpha value is -0.510. The van der Waals surface area contributed by atoms with E-state index in [2.05, 4.69) is 46.4 Å². The van der Waals surface area contributed by atoms with Crippen LogP contribution in [0.15, 0.2) is 0 Å². The van der Waals surface area contributed by atoms with Crippen molar-refractivity contribution < 1.29 is 0 Å². The van der Waals surface area contributed by atoms with Gasteiger partial charge in [-0.25, -0.2) is 6.57 Å². The third-order valence-corrected chi connectivity index (χ3v) is 4.22. The van der Waals surface area contributed by atoms with E-state index in [9.17, 15) is 0 Å². The molecule has 14 heavy (non-hydrogen) atoms. The minimum absolute atomic E-state index is 0.286. The average molecular weight is 193 g/mol. The fourth-order valence-electron chi connectivity index (χ4n) is 3.19. The van der Waals surface area contributed by atoms with E-state index >= 15 is 0 Å². The van der Waals surface area contributed by atoms with Crippen molar-refractivity contribution in [3.05, 3.63) is 11.4 Å². The van der Waals surface area contributed by atoms with E-state index in [1.165, 1.54) is 0 Å². The van der Waals surface area contributed by atoms with Crippen LogP contribution in [0.3, 0.4) is 0 Å². The molecule has 1 saturated carbocycles. The van der Waals surface area contributed by atoms with Crippen molar-refractivity contribution in [1.29, 1.82) is 0 Å². The third kappa shape index (κ3) is 1.45. The summed E-state index contributed by atoms with van der Waals surface area (Å²) >= 11 is 0. The lowest BCUT2D eigenvalue weighted by molar-refractivity contribution is -0.104. The Labute approximate surface area is 88.7 Å². The monoisotopic (exact) mass is 193 g/mol. The van der Waals surface area contributed by atoms with Crippen molar-refractivity contribution in [3.8, 4) is 0 Å². The highest BCUT2D eigenvalue weighted by Crippen LogP contribution is 2.63. The molecule has 0 unspecified atom stereocenters. The zero-order valence-corrected chi connectivity index (χ0v) is 10.4. The second kappa shape index (κ2) is 2.99. The van der Waals surface area contributed by atoms with Crippen molar-refractivity contribution >= 4 is 0 Å². The lowest BCUT2D eigenvalue weighted by atomic mass is 9.44. The van der Waals surface area contributed by atoms with Crippen molar-refractivity contribution in [2.45, 2.75) is 60.4 Å². The zero-order chi connectivity index (χ0) is 11.2. The van der Waals surface area contributed by atoms with Gasteiger partial charge in [0.2, 0.25) is 6.04 Å². The minimum Gasteiger partial charge on any atom is -0.314 e. The maximum absolute atomic E-state index is 7.07. The van der Waals surface area contributed by atoms with Gasteiger partial charge in [-0.15, -0.1) is 0 Å². The Morgan fingerprint density at radius 2 is 1.36 bits per heavy atom. The summed E-state index contributed by atoms with van der Waals surface area (Å²) in [7, 11) is 0. The fourth-order valence-corrected chi connectivity index (χ4v) is 3.19. The van der Waals surface area contributed by atoms with Crippen LogP contribution in [-0.4, -0.2) is 6.04 Å². The normalized spacial score (nSPS) is 22.6. The van der Waals surface area contributed by atoms with Gasteiger partial charge in [0.1, 0.15) is 0 Å². The summed E-state index contributed by atoms with van der Waals surface area (Å²) in [6.45, 7) is 21.0. The molecular formula is C13H23N. The first-order chi connectivity index (χ1) is 6.14. The molecular weight excluding hydrogens is 170 g/mol. The molecule has 1 heteroatoms. The summed E-state index contributed by atoms with van der Waals surface area (Å²) < 4.78 is 0. The topological polar surface area (TPSA) is 4.36 Å². The van der Waals surface area contributed by atoms with E-state index in [1.807, 2.05) is 0 Å². The first kappa shape index (κ1) is 11.6. The van der Waals surface area contributed by atoms with Crippen LogP contribution < -0.4 is 0 Å². The largest absolute Gasteiger partial charge is 0.314 e. The molecule has 1 aliphatic rings. The van der Waals surface area contributed by atoms with E-state index in [1.54, 1.807) is 0 Å². The van der Waals surface area contributed by atoms with Gasteiger partial charge in [0, 0.05) is 12.8 Å². The third-order valence-electron chi connectivity index (χ3n) is 4.22. The summed E-state index contributed by atoms with van der Waals surface area (Å²) in [6, 6.07) is 0.286. The van der Waals surface area contributed by atoms with Gasteiger partial charge in [0.25, 0.3) is 0 Å². The summed E-state index contributed by atoms with van der Waals surface area (Å²) in [6.07, 6.45) is 2.17. The van der Waals surface area contributed by atoms with Gasteiger partial charge in [-0.3, -0.25) is 0 Å². The van der Waals surface area contributed by atoms with E-state index in [4.69, 9.17) is 6.57 Å². The van der Waals surface area contributed by atoms with Gasteiger partial charge in [0.15, 0.2) is 0 Å². The number of nitrogens with zero attached hydrogens (tertiary/aromatic N) is 1. The van der Waals surface area contributed by atoms with E-state index in [0.29, 0.717) is 16.2 Å².